The van der Waals surface area contributed by atoms with E-state index in [1.165, 1.54) is 18.4 Å². The first kappa shape index (κ1) is 24.9. The first-order chi connectivity index (χ1) is 18.2. The molecular weight excluding hydrogens is 470 g/mol. The summed E-state index contributed by atoms with van der Waals surface area (Å²) in [6.45, 7) is 7.06. The van der Waals surface area contributed by atoms with Crippen LogP contribution in [-0.4, -0.2) is 88.2 Å². The minimum atomic E-state index is -0.0429. The number of piperazine rings is 1. The van der Waals surface area contributed by atoms with E-state index >= 15 is 0 Å². The Hall–Kier alpha value is -3.78. The molecule has 10 heteroatoms. The fourth-order valence-electron chi connectivity index (χ4n) is 4.58. The van der Waals surface area contributed by atoms with Gasteiger partial charge >= 0.3 is 0 Å². The van der Waals surface area contributed by atoms with Gasteiger partial charge in [0.2, 0.25) is 0 Å². The second kappa shape index (κ2) is 12.0. The maximum Gasteiger partial charge on any atom is 0.162 e. The molecule has 0 unspecified atom stereocenters. The quantitative estimate of drug-likeness (QED) is 0.457. The molecule has 3 aliphatic heterocycles. The molecule has 3 fully saturated rings. The molecule has 0 spiro atoms. The monoisotopic (exact) mass is 501 g/mol. The van der Waals surface area contributed by atoms with E-state index in [9.17, 15) is 5.26 Å². The lowest BCUT2D eigenvalue weighted by Gasteiger charge is -2.43. The normalized spacial score (nSPS) is 21.4. The van der Waals surface area contributed by atoms with Crippen LogP contribution in [0.25, 0.3) is 0 Å². The number of benzene rings is 2. The molecule has 5 rings (SSSR count). The molecule has 2 aromatic rings. The van der Waals surface area contributed by atoms with Crippen LogP contribution in [0.5, 0.6) is 5.75 Å². The third-order valence-electron chi connectivity index (χ3n) is 6.79. The molecular formula is C27H31N7O3. The Morgan fingerprint density at radius 1 is 1.05 bits per heavy atom. The molecule has 0 radical (unpaired) electrons. The zero-order chi connectivity index (χ0) is 25.5. The van der Waals surface area contributed by atoms with Gasteiger partial charge in [0.05, 0.1) is 50.1 Å². The summed E-state index contributed by atoms with van der Waals surface area (Å²) in [5.41, 5.74) is 8.57. The average molecular weight is 502 g/mol. The van der Waals surface area contributed by atoms with Crippen molar-refractivity contribution in [2.24, 2.45) is 20.7 Å². The van der Waals surface area contributed by atoms with E-state index in [0.29, 0.717) is 42.0 Å². The first-order valence-corrected chi connectivity index (χ1v) is 12.5. The van der Waals surface area contributed by atoms with Crippen molar-refractivity contribution < 1.29 is 14.2 Å². The highest BCUT2D eigenvalue weighted by Gasteiger charge is 2.28. The molecule has 0 saturated carbocycles. The summed E-state index contributed by atoms with van der Waals surface area (Å²) in [5.74, 6) is 0.870. The zero-order valence-corrected chi connectivity index (χ0v) is 20.7. The minimum absolute atomic E-state index is 0.0429. The molecule has 0 aliphatic carbocycles. The van der Waals surface area contributed by atoms with Crippen LogP contribution >= 0.6 is 0 Å². The van der Waals surface area contributed by atoms with Crippen molar-refractivity contribution in [1.29, 1.82) is 5.26 Å². The number of hydrogen-bond donors (Lipinski definition) is 1. The van der Waals surface area contributed by atoms with Gasteiger partial charge in [-0.3, -0.25) is 4.90 Å². The second-order valence-corrected chi connectivity index (χ2v) is 9.13. The van der Waals surface area contributed by atoms with Gasteiger partial charge in [0.1, 0.15) is 24.3 Å². The number of anilines is 1. The van der Waals surface area contributed by atoms with Crippen LogP contribution in [-0.2, 0) is 9.47 Å². The third-order valence-corrected chi connectivity index (χ3v) is 6.79. The van der Waals surface area contributed by atoms with Gasteiger partial charge in [-0.15, -0.1) is 0 Å². The van der Waals surface area contributed by atoms with Gasteiger partial charge in [-0.1, -0.05) is 0 Å². The predicted molar refractivity (Wildman–Crippen MR) is 143 cm³/mol. The molecule has 2 aromatic carbocycles. The van der Waals surface area contributed by atoms with Crippen LogP contribution in [0.1, 0.15) is 17.5 Å². The molecule has 2 N–H and O–H groups in total. The Morgan fingerprint density at radius 2 is 1.86 bits per heavy atom. The van der Waals surface area contributed by atoms with Crippen molar-refractivity contribution in [3.8, 4) is 11.8 Å². The number of rotatable bonds is 7. The summed E-state index contributed by atoms with van der Waals surface area (Å²) in [6, 6.07) is 16.2. The maximum atomic E-state index is 9.62. The number of hydrogen-bond acceptors (Lipinski definition) is 7. The summed E-state index contributed by atoms with van der Waals surface area (Å²) in [7, 11) is 0. The van der Waals surface area contributed by atoms with Gasteiger partial charge in [-0.05, 0) is 42.5 Å². The molecule has 3 heterocycles. The standard InChI is InChI=1S/C27H31N7O3/c28-14-21-13-20(1-6-26(21)37-25-7-12-35-17-25)27(30-18-29)32-19-31-22-2-4-23(5-3-22)33-8-10-34(11-9-33)24-15-36-16-24/h1-6,13,18-19,24-25H,7-12,15-17H2,(H2,29,30,31,32)/t25-/m0/s1. The summed E-state index contributed by atoms with van der Waals surface area (Å²) < 4.78 is 16.6. The molecule has 1 atom stereocenters. The number of nitriles is 1. The molecule has 192 valence electrons. The topological polar surface area (TPSA) is 121 Å². The highest BCUT2D eigenvalue weighted by Crippen LogP contribution is 2.24. The van der Waals surface area contributed by atoms with Crippen molar-refractivity contribution >= 4 is 29.9 Å². The van der Waals surface area contributed by atoms with Gasteiger partial charge in [-0.2, -0.15) is 5.26 Å². The Kier molecular flexibility index (Phi) is 8.05. The largest absolute Gasteiger partial charge is 0.487 e. The highest BCUT2D eigenvalue weighted by molar-refractivity contribution is 6.06. The lowest BCUT2D eigenvalue weighted by atomic mass is 10.1. The third kappa shape index (κ3) is 6.14. The van der Waals surface area contributed by atoms with E-state index in [0.717, 1.165) is 51.5 Å². The van der Waals surface area contributed by atoms with Gasteiger partial charge in [0.15, 0.2) is 5.84 Å². The molecule has 10 nitrogen and oxygen atoms in total. The van der Waals surface area contributed by atoms with Gasteiger partial charge < -0.3 is 24.8 Å². The number of ether oxygens (including phenoxy) is 3. The average Bonchev–Trinajstić information content (AvgIpc) is 3.42. The van der Waals surface area contributed by atoms with Gasteiger partial charge in [-0.25, -0.2) is 15.0 Å². The fraction of sp³-hybridized carbons (Fsp3) is 0.407. The number of nitrogens with two attached hydrogens (primary N) is 1. The molecule has 0 bridgehead atoms. The molecule has 3 saturated heterocycles. The number of amidine groups is 1. The van der Waals surface area contributed by atoms with E-state index in [2.05, 4.69) is 43.0 Å². The first-order valence-electron chi connectivity index (χ1n) is 12.5. The number of nitrogens with zero attached hydrogens (tertiary/aromatic N) is 6. The Bertz CT molecular complexity index is 1190. The van der Waals surface area contributed by atoms with Crippen molar-refractivity contribution in [3.05, 3.63) is 53.6 Å². The Morgan fingerprint density at radius 3 is 2.51 bits per heavy atom. The van der Waals surface area contributed by atoms with Crippen LogP contribution in [0.3, 0.4) is 0 Å². The van der Waals surface area contributed by atoms with E-state index < -0.39 is 0 Å². The van der Waals surface area contributed by atoms with Crippen LogP contribution in [0.2, 0.25) is 0 Å². The van der Waals surface area contributed by atoms with E-state index in [1.807, 2.05) is 12.1 Å². The molecule has 0 amide bonds. The second-order valence-electron chi connectivity index (χ2n) is 9.13. The summed E-state index contributed by atoms with van der Waals surface area (Å²) >= 11 is 0. The zero-order valence-electron chi connectivity index (χ0n) is 20.7. The van der Waals surface area contributed by atoms with Crippen LogP contribution in [0.4, 0.5) is 11.4 Å². The molecule has 37 heavy (non-hydrogen) atoms. The SMILES string of the molecule is N#Cc1cc(C(N=CN)=NC=Nc2ccc(N3CCN(C4COC4)CC3)cc2)ccc1O[C@H]1CCOC1. The lowest BCUT2D eigenvalue weighted by Crippen LogP contribution is -2.56. The summed E-state index contributed by atoms with van der Waals surface area (Å²) in [6.07, 6.45) is 3.38. The Labute approximate surface area is 216 Å². The van der Waals surface area contributed by atoms with Crippen molar-refractivity contribution in [2.45, 2.75) is 18.6 Å². The smallest absolute Gasteiger partial charge is 0.162 e. The van der Waals surface area contributed by atoms with Crippen LogP contribution in [0, 0.1) is 11.3 Å². The van der Waals surface area contributed by atoms with Crippen molar-refractivity contribution in [3.63, 3.8) is 0 Å². The summed E-state index contributed by atoms with van der Waals surface area (Å²) in [4.78, 5) is 17.9. The van der Waals surface area contributed by atoms with E-state index in [-0.39, 0.29) is 6.10 Å². The van der Waals surface area contributed by atoms with Crippen LogP contribution < -0.4 is 15.4 Å². The molecule has 3 aliphatic rings. The predicted octanol–water partition coefficient (Wildman–Crippen LogP) is 2.34. The Balaban J connectivity index is 1.22. The van der Waals surface area contributed by atoms with E-state index in [4.69, 9.17) is 19.9 Å². The highest BCUT2D eigenvalue weighted by atomic mass is 16.5. The fourth-order valence-corrected chi connectivity index (χ4v) is 4.58. The van der Waals surface area contributed by atoms with Crippen molar-refractivity contribution in [1.82, 2.24) is 4.90 Å². The van der Waals surface area contributed by atoms with Gasteiger partial charge in [0, 0.05) is 43.9 Å². The lowest BCUT2D eigenvalue weighted by molar-refractivity contribution is -0.0660. The van der Waals surface area contributed by atoms with Gasteiger partial charge in [0.25, 0.3) is 0 Å². The van der Waals surface area contributed by atoms with Crippen molar-refractivity contribution in [2.75, 3.05) is 57.5 Å². The minimum Gasteiger partial charge on any atom is -0.487 e. The summed E-state index contributed by atoms with van der Waals surface area (Å²) in [5, 5.41) is 9.62. The van der Waals surface area contributed by atoms with E-state index in [1.54, 1.807) is 18.2 Å². The maximum absolute atomic E-state index is 9.62. The number of aliphatic imine (C=N–C) groups is 3. The molecule has 0 aromatic heterocycles. The van der Waals surface area contributed by atoms with Crippen LogP contribution in [0.15, 0.2) is 57.4 Å².